The van der Waals surface area contributed by atoms with E-state index >= 15 is 0 Å². The van der Waals surface area contributed by atoms with Gasteiger partial charge in [-0.3, -0.25) is 0 Å². The summed E-state index contributed by atoms with van der Waals surface area (Å²) >= 11 is 0. The molecule has 12 heavy (non-hydrogen) atoms. The Morgan fingerprint density at radius 1 is 1.83 bits per heavy atom. The molecule has 0 radical (unpaired) electrons. The predicted molar refractivity (Wildman–Crippen MR) is 48.5 cm³/mol. The first kappa shape index (κ1) is 9.26. The van der Waals surface area contributed by atoms with E-state index in [2.05, 4.69) is 11.6 Å². The molecule has 0 fully saturated rings. The fraction of sp³-hybridized carbons (Fsp3) is 0.667. The third-order valence-electron chi connectivity index (χ3n) is 1.59. The quantitative estimate of drug-likeness (QED) is 0.636. The van der Waals surface area contributed by atoms with Gasteiger partial charge in [0.05, 0.1) is 6.61 Å². The molecule has 1 aliphatic heterocycles. The first-order valence-corrected chi connectivity index (χ1v) is 4.18. The Bertz CT molecular complexity index is 199. The Morgan fingerprint density at radius 3 is 3.08 bits per heavy atom. The van der Waals surface area contributed by atoms with Crippen molar-refractivity contribution in [2.24, 2.45) is 4.99 Å². The molecular formula is C9H15NO2. The molecule has 0 aromatic carbocycles. The molecule has 0 bridgehead atoms. The largest absolute Gasteiger partial charge is 0.475 e. The van der Waals surface area contributed by atoms with E-state index in [1.54, 1.807) is 0 Å². The molecular weight excluding hydrogens is 154 g/mol. The minimum absolute atomic E-state index is 0.164. The fourth-order valence-corrected chi connectivity index (χ4v) is 0.988. The van der Waals surface area contributed by atoms with Gasteiger partial charge in [0.25, 0.3) is 0 Å². The zero-order chi connectivity index (χ0) is 8.97. The van der Waals surface area contributed by atoms with Crippen molar-refractivity contribution in [1.29, 1.82) is 0 Å². The lowest BCUT2D eigenvalue weighted by Gasteiger charge is -2.03. The second-order valence-corrected chi connectivity index (χ2v) is 2.84. The summed E-state index contributed by atoms with van der Waals surface area (Å²) in [6.45, 7) is 9.62. The van der Waals surface area contributed by atoms with Gasteiger partial charge >= 0.3 is 0 Å². The van der Waals surface area contributed by atoms with Crippen molar-refractivity contribution < 1.29 is 9.47 Å². The highest BCUT2D eigenvalue weighted by Gasteiger charge is 2.18. The van der Waals surface area contributed by atoms with Crippen LogP contribution in [0.4, 0.5) is 0 Å². The number of aliphatic imine (C=N–C) groups is 1. The Labute approximate surface area is 73.1 Å². The molecule has 0 amide bonds. The molecule has 0 aromatic heterocycles. The molecule has 3 nitrogen and oxygen atoms in total. The standard InChI is InChI=1S/C9H15NO2/c1-4-11-5-8-6-12-9(10-8)7(2)3/h8H,2,4-6H2,1,3H3. The summed E-state index contributed by atoms with van der Waals surface area (Å²) < 4.78 is 10.5. The van der Waals surface area contributed by atoms with Gasteiger partial charge in [-0.2, -0.15) is 0 Å². The summed E-state index contributed by atoms with van der Waals surface area (Å²) in [6, 6.07) is 0.164. The molecule has 1 heterocycles. The summed E-state index contributed by atoms with van der Waals surface area (Å²) in [7, 11) is 0. The van der Waals surface area contributed by atoms with Crippen LogP contribution in [-0.2, 0) is 9.47 Å². The third kappa shape index (κ3) is 2.34. The van der Waals surface area contributed by atoms with E-state index in [4.69, 9.17) is 9.47 Å². The molecule has 68 valence electrons. The van der Waals surface area contributed by atoms with Crippen LogP contribution in [0.5, 0.6) is 0 Å². The molecule has 0 saturated heterocycles. The minimum atomic E-state index is 0.164. The van der Waals surface area contributed by atoms with Gasteiger partial charge in [0.2, 0.25) is 5.90 Å². The Balaban J connectivity index is 2.36. The minimum Gasteiger partial charge on any atom is -0.475 e. The monoisotopic (exact) mass is 169 g/mol. The topological polar surface area (TPSA) is 30.8 Å². The van der Waals surface area contributed by atoms with Gasteiger partial charge in [0, 0.05) is 12.2 Å². The van der Waals surface area contributed by atoms with Crippen LogP contribution < -0.4 is 0 Å². The highest BCUT2D eigenvalue weighted by atomic mass is 16.5. The van der Waals surface area contributed by atoms with Crippen LogP contribution >= 0.6 is 0 Å². The van der Waals surface area contributed by atoms with Crippen LogP contribution in [0.25, 0.3) is 0 Å². The zero-order valence-corrected chi connectivity index (χ0v) is 7.67. The smallest absolute Gasteiger partial charge is 0.211 e. The molecule has 1 atom stereocenters. The summed E-state index contributed by atoms with van der Waals surface area (Å²) in [6.07, 6.45) is 0. The normalized spacial score (nSPS) is 21.8. The molecule has 0 aliphatic carbocycles. The van der Waals surface area contributed by atoms with Crippen molar-refractivity contribution in [2.75, 3.05) is 19.8 Å². The van der Waals surface area contributed by atoms with Crippen LogP contribution in [0, 0.1) is 0 Å². The van der Waals surface area contributed by atoms with Crippen molar-refractivity contribution in [3.05, 3.63) is 12.2 Å². The van der Waals surface area contributed by atoms with E-state index < -0.39 is 0 Å². The van der Waals surface area contributed by atoms with Crippen molar-refractivity contribution >= 4 is 5.90 Å². The number of ether oxygens (including phenoxy) is 2. The van der Waals surface area contributed by atoms with Crippen LogP contribution in [0.2, 0.25) is 0 Å². The average molecular weight is 169 g/mol. The number of hydrogen-bond acceptors (Lipinski definition) is 3. The van der Waals surface area contributed by atoms with Gasteiger partial charge in [-0.25, -0.2) is 4.99 Å². The second-order valence-electron chi connectivity index (χ2n) is 2.84. The van der Waals surface area contributed by atoms with E-state index in [0.717, 1.165) is 12.2 Å². The molecule has 1 rings (SSSR count). The van der Waals surface area contributed by atoms with E-state index in [-0.39, 0.29) is 6.04 Å². The van der Waals surface area contributed by atoms with Crippen molar-refractivity contribution in [3.63, 3.8) is 0 Å². The van der Waals surface area contributed by atoms with Gasteiger partial charge in [-0.1, -0.05) is 6.58 Å². The second kappa shape index (κ2) is 4.26. The number of hydrogen-bond donors (Lipinski definition) is 0. The summed E-state index contributed by atoms with van der Waals surface area (Å²) in [5.41, 5.74) is 0.883. The van der Waals surface area contributed by atoms with Gasteiger partial charge in [-0.15, -0.1) is 0 Å². The molecule has 0 saturated carbocycles. The summed E-state index contributed by atoms with van der Waals surface area (Å²) in [5.74, 6) is 0.680. The SMILES string of the molecule is C=C(C)C1=NC(COCC)CO1. The molecule has 0 aromatic rings. The van der Waals surface area contributed by atoms with E-state index in [9.17, 15) is 0 Å². The van der Waals surface area contributed by atoms with Crippen LogP contribution in [0.1, 0.15) is 13.8 Å². The average Bonchev–Trinajstić information content (AvgIpc) is 2.48. The lowest BCUT2D eigenvalue weighted by atomic mass is 10.3. The molecule has 1 aliphatic rings. The highest BCUT2D eigenvalue weighted by molar-refractivity contribution is 5.93. The fourth-order valence-electron chi connectivity index (χ4n) is 0.988. The van der Waals surface area contributed by atoms with E-state index in [0.29, 0.717) is 19.1 Å². The third-order valence-corrected chi connectivity index (χ3v) is 1.59. The summed E-state index contributed by atoms with van der Waals surface area (Å²) in [5, 5.41) is 0. The molecule has 0 N–H and O–H groups in total. The summed E-state index contributed by atoms with van der Waals surface area (Å²) in [4.78, 5) is 4.29. The Hall–Kier alpha value is -0.830. The van der Waals surface area contributed by atoms with Gasteiger partial charge in [0.1, 0.15) is 12.6 Å². The maximum Gasteiger partial charge on any atom is 0.211 e. The lowest BCUT2D eigenvalue weighted by Crippen LogP contribution is -2.14. The maximum atomic E-state index is 5.29. The van der Waals surface area contributed by atoms with Crippen LogP contribution in [0.3, 0.4) is 0 Å². The Morgan fingerprint density at radius 2 is 2.58 bits per heavy atom. The van der Waals surface area contributed by atoms with Gasteiger partial charge in [0.15, 0.2) is 0 Å². The maximum absolute atomic E-state index is 5.29. The molecule has 3 heteroatoms. The zero-order valence-electron chi connectivity index (χ0n) is 7.67. The van der Waals surface area contributed by atoms with Gasteiger partial charge in [-0.05, 0) is 13.8 Å². The van der Waals surface area contributed by atoms with E-state index in [1.165, 1.54) is 0 Å². The number of nitrogens with zero attached hydrogens (tertiary/aromatic N) is 1. The lowest BCUT2D eigenvalue weighted by molar-refractivity contribution is 0.124. The molecule has 0 spiro atoms. The van der Waals surface area contributed by atoms with Crippen molar-refractivity contribution in [2.45, 2.75) is 19.9 Å². The first-order valence-electron chi connectivity index (χ1n) is 4.18. The predicted octanol–water partition coefficient (Wildman–Crippen LogP) is 1.40. The first-order chi connectivity index (χ1) is 5.74. The van der Waals surface area contributed by atoms with Crippen molar-refractivity contribution in [1.82, 2.24) is 0 Å². The molecule has 1 unspecified atom stereocenters. The number of rotatable bonds is 4. The van der Waals surface area contributed by atoms with Crippen LogP contribution in [0.15, 0.2) is 17.1 Å². The van der Waals surface area contributed by atoms with Gasteiger partial charge < -0.3 is 9.47 Å². The van der Waals surface area contributed by atoms with Crippen LogP contribution in [-0.4, -0.2) is 31.8 Å². The highest BCUT2D eigenvalue weighted by Crippen LogP contribution is 2.09. The Kier molecular flexibility index (Phi) is 3.29. The van der Waals surface area contributed by atoms with Crippen molar-refractivity contribution in [3.8, 4) is 0 Å². The van der Waals surface area contributed by atoms with E-state index in [1.807, 2.05) is 13.8 Å².